The monoisotopic (exact) mass is 262 g/mol. The molecule has 3 rings (SSSR count). The van der Waals surface area contributed by atoms with Gasteiger partial charge in [-0.05, 0) is 44.4 Å². The number of carbonyl (C=O) groups excluding carboxylic acids is 1. The fraction of sp³-hybridized carbons (Fsp3) is 0.733. The van der Waals surface area contributed by atoms with Gasteiger partial charge in [0, 0.05) is 31.0 Å². The van der Waals surface area contributed by atoms with Gasteiger partial charge in [-0.2, -0.15) is 0 Å². The first-order valence-electron chi connectivity index (χ1n) is 7.21. The van der Waals surface area contributed by atoms with Crippen molar-refractivity contribution in [1.82, 2.24) is 4.90 Å². The Morgan fingerprint density at radius 3 is 2.95 bits per heavy atom. The second-order valence-corrected chi connectivity index (χ2v) is 6.49. The summed E-state index contributed by atoms with van der Waals surface area (Å²) in [4.78, 5) is 13.8. The summed E-state index contributed by atoms with van der Waals surface area (Å²) in [5.41, 5.74) is 1.87. The molecule has 0 aliphatic heterocycles. The van der Waals surface area contributed by atoms with Gasteiger partial charge in [-0.1, -0.05) is 11.2 Å². The molecule has 0 aromatic rings. The third kappa shape index (κ3) is 1.72. The lowest BCUT2D eigenvalue weighted by molar-refractivity contribution is -0.125. The van der Waals surface area contributed by atoms with E-state index >= 15 is 0 Å². The molecule has 3 aliphatic rings. The topological polar surface area (TPSA) is 52.9 Å². The van der Waals surface area contributed by atoms with E-state index in [0.717, 1.165) is 43.4 Å². The molecule has 3 atom stereocenters. The summed E-state index contributed by atoms with van der Waals surface area (Å²) in [6, 6.07) is 0. The van der Waals surface area contributed by atoms with Gasteiger partial charge in [-0.15, -0.1) is 0 Å². The van der Waals surface area contributed by atoms with Crippen LogP contribution in [0.1, 0.15) is 38.5 Å². The number of hydrogen-bond donors (Lipinski definition) is 1. The Bertz CT molecular complexity index is 467. The number of oxime groups is 1. The Kier molecular flexibility index (Phi) is 2.91. The molecule has 1 spiro atoms. The van der Waals surface area contributed by atoms with Crippen LogP contribution >= 0.6 is 0 Å². The van der Waals surface area contributed by atoms with Crippen molar-refractivity contribution in [3.63, 3.8) is 0 Å². The Hall–Kier alpha value is -1.32. The van der Waals surface area contributed by atoms with Crippen LogP contribution in [0.4, 0.5) is 0 Å². The Labute approximate surface area is 114 Å². The Balaban J connectivity index is 1.91. The highest BCUT2D eigenvalue weighted by Crippen LogP contribution is 2.60. The van der Waals surface area contributed by atoms with Gasteiger partial charge in [0.05, 0.1) is 5.71 Å². The van der Waals surface area contributed by atoms with Gasteiger partial charge in [-0.3, -0.25) is 4.79 Å². The molecule has 1 amide bonds. The van der Waals surface area contributed by atoms with Gasteiger partial charge in [0.1, 0.15) is 0 Å². The fourth-order valence-electron chi connectivity index (χ4n) is 4.55. The van der Waals surface area contributed by atoms with E-state index in [0.29, 0.717) is 11.8 Å². The summed E-state index contributed by atoms with van der Waals surface area (Å²) in [5, 5.41) is 13.1. The predicted octanol–water partition coefficient (Wildman–Crippen LogP) is 2.43. The van der Waals surface area contributed by atoms with Gasteiger partial charge in [0.15, 0.2) is 0 Å². The molecular formula is C15H22N2O2. The first-order valence-corrected chi connectivity index (χ1v) is 7.21. The molecule has 0 unspecified atom stereocenters. The fourth-order valence-corrected chi connectivity index (χ4v) is 4.55. The lowest BCUT2D eigenvalue weighted by Crippen LogP contribution is -2.41. The largest absolute Gasteiger partial charge is 0.411 e. The van der Waals surface area contributed by atoms with Crippen LogP contribution in [0.5, 0.6) is 0 Å². The zero-order valence-corrected chi connectivity index (χ0v) is 11.7. The molecule has 0 heterocycles. The van der Waals surface area contributed by atoms with Gasteiger partial charge >= 0.3 is 0 Å². The highest BCUT2D eigenvalue weighted by Gasteiger charge is 2.57. The maximum Gasteiger partial charge on any atom is 0.248 e. The molecule has 0 radical (unpaired) electrons. The standard InChI is InChI=1S/C15H22N2O2/c1-17(2)14(18)11-4-3-7-15(9-11)12-6-5-10(8-12)13(15)16-19/h4,10,12,19H,3,5-9H2,1-2H3/b16-13-/t10-,12+,15-/m1/s1. The number of nitrogens with zero attached hydrogens (tertiary/aromatic N) is 2. The summed E-state index contributed by atoms with van der Waals surface area (Å²) >= 11 is 0. The molecule has 104 valence electrons. The Morgan fingerprint density at radius 2 is 2.26 bits per heavy atom. The van der Waals surface area contributed by atoms with Crippen molar-refractivity contribution in [1.29, 1.82) is 0 Å². The zero-order chi connectivity index (χ0) is 13.6. The molecular weight excluding hydrogens is 240 g/mol. The normalized spacial score (nSPS) is 38.8. The Morgan fingerprint density at radius 1 is 1.47 bits per heavy atom. The minimum absolute atomic E-state index is 0.0204. The molecule has 0 saturated heterocycles. The maximum absolute atomic E-state index is 12.2. The molecule has 4 nitrogen and oxygen atoms in total. The van der Waals surface area contributed by atoms with Crippen LogP contribution in [-0.2, 0) is 4.79 Å². The number of fused-ring (bicyclic) bond motifs is 3. The number of amides is 1. The quantitative estimate of drug-likeness (QED) is 0.583. The van der Waals surface area contributed by atoms with Crippen molar-refractivity contribution >= 4 is 11.6 Å². The van der Waals surface area contributed by atoms with E-state index in [1.807, 2.05) is 0 Å². The van der Waals surface area contributed by atoms with E-state index in [1.165, 1.54) is 6.42 Å². The molecule has 4 heteroatoms. The lowest BCUT2D eigenvalue weighted by atomic mass is 9.63. The number of hydrogen-bond acceptors (Lipinski definition) is 3. The van der Waals surface area contributed by atoms with E-state index < -0.39 is 0 Å². The summed E-state index contributed by atoms with van der Waals surface area (Å²) in [7, 11) is 3.60. The van der Waals surface area contributed by atoms with Crippen molar-refractivity contribution < 1.29 is 10.0 Å². The van der Waals surface area contributed by atoms with Gasteiger partial charge in [0.2, 0.25) is 5.91 Å². The van der Waals surface area contributed by atoms with Gasteiger partial charge in [-0.25, -0.2) is 0 Å². The molecule has 2 saturated carbocycles. The highest BCUT2D eigenvalue weighted by molar-refractivity contribution is 5.99. The van der Waals surface area contributed by atoms with Crippen molar-refractivity contribution in [2.24, 2.45) is 22.4 Å². The minimum Gasteiger partial charge on any atom is -0.411 e. The maximum atomic E-state index is 12.2. The van der Waals surface area contributed by atoms with Crippen LogP contribution < -0.4 is 0 Å². The molecule has 0 aromatic carbocycles. The van der Waals surface area contributed by atoms with Crippen LogP contribution in [0.15, 0.2) is 16.8 Å². The number of likely N-dealkylation sites (N-methyl/N-ethyl adjacent to an activating group) is 1. The first-order chi connectivity index (χ1) is 9.08. The van der Waals surface area contributed by atoms with Crippen molar-refractivity contribution in [3.05, 3.63) is 11.6 Å². The second kappa shape index (κ2) is 4.36. The summed E-state index contributed by atoms with van der Waals surface area (Å²) in [6.45, 7) is 0. The van der Waals surface area contributed by atoms with E-state index in [9.17, 15) is 10.0 Å². The van der Waals surface area contributed by atoms with Gasteiger partial charge < -0.3 is 10.1 Å². The third-order valence-electron chi connectivity index (χ3n) is 5.39. The second-order valence-electron chi connectivity index (χ2n) is 6.49. The summed E-state index contributed by atoms with van der Waals surface area (Å²) in [5.74, 6) is 1.19. The smallest absolute Gasteiger partial charge is 0.248 e. The molecule has 19 heavy (non-hydrogen) atoms. The zero-order valence-electron chi connectivity index (χ0n) is 11.7. The van der Waals surface area contributed by atoms with E-state index in [4.69, 9.17) is 0 Å². The molecule has 2 bridgehead atoms. The average Bonchev–Trinajstić information content (AvgIpc) is 2.97. The third-order valence-corrected chi connectivity index (χ3v) is 5.39. The molecule has 1 N–H and O–H groups in total. The van der Waals surface area contributed by atoms with Crippen LogP contribution in [-0.4, -0.2) is 35.8 Å². The molecule has 0 aromatic heterocycles. The first kappa shape index (κ1) is 12.7. The number of rotatable bonds is 1. The van der Waals surface area contributed by atoms with E-state index in [1.54, 1.807) is 19.0 Å². The summed E-state index contributed by atoms with van der Waals surface area (Å²) < 4.78 is 0. The van der Waals surface area contributed by atoms with Crippen molar-refractivity contribution in [2.75, 3.05) is 14.1 Å². The highest BCUT2D eigenvalue weighted by atomic mass is 16.4. The number of allylic oxidation sites excluding steroid dienone is 1. The minimum atomic E-state index is -0.0204. The molecule has 3 aliphatic carbocycles. The predicted molar refractivity (Wildman–Crippen MR) is 73.1 cm³/mol. The van der Waals surface area contributed by atoms with Crippen LogP contribution in [0, 0.1) is 17.3 Å². The van der Waals surface area contributed by atoms with Gasteiger partial charge in [0.25, 0.3) is 0 Å². The average molecular weight is 262 g/mol. The van der Waals surface area contributed by atoms with E-state index in [2.05, 4.69) is 11.2 Å². The van der Waals surface area contributed by atoms with Crippen molar-refractivity contribution in [3.8, 4) is 0 Å². The lowest BCUT2D eigenvalue weighted by Gasteiger charge is -2.41. The van der Waals surface area contributed by atoms with Crippen LogP contribution in [0.25, 0.3) is 0 Å². The SMILES string of the molecule is CN(C)C(=O)C1=CCC[C@]2(C1)/C(=N\O)[C@@H]1CC[C@H]2C1. The van der Waals surface area contributed by atoms with Crippen LogP contribution in [0.2, 0.25) is 0 Å². The summed E-state index contributed by atoms with van der Waals surface area (Å²) in [6.07, 6.45) is 8.36. The van der Waals surface area contributed by atoms with E-state index in [-0.39, 0.29) is 11.3 Å². The molecule has 2 fully saturated rings. The van der Waals surface area contributed by atoms with Crippen molar-refractivity contribution in [2.45, 2.75) is 38.5 Å². The van der Waals surface area contributed by atoms with Crippen LogP contribution in [0.3, 0.4) is 0 Å². The number of carbonyl (C=O) groups is 1.